The molecule has 2 fully saturated rings. The van der Waals surface area contributed by atoms with E-state index in [1.165, 1.54) is 19.4 Å². The number of nitrogens with one attached hydrogen (secondary N) is 2. The number of Topliss-reactive ketones (excluding diaryl/α,β-unsaturated/α-hetero) is 2. The molecule has 25 heteroatoms. The van der Waals surface area contributed by atoms with Crippen molar-refractivity contribution < 1.29 is 100 Å². The van der Waals surface area contributed by atoms with Gasteiger partial charge in [0.25, 0.3) is 0 Å². The number of carbonyl (C=O) groups excluding carboxylic acids is 5. The zero-order valence-electron chi connectivity index (χ0n) is 58.5. The molecule has 0 saturated carbocycles. The molecule has 2 heterocycles. The van der Waals surface area contributed by atoms with Crippen LogP contribution < -0.4 is 10.6 Å². The van der Waals surface area contributed by atoms with E-state index in [0.717, 1.165) is 18.8 Å². The van der Waals surface area contributed by atoms with Crippen LogP contribution in [0.5, 0.6) is 0 Å². The number of ketones is 2. The second-order valence-electron chi connectivity index (χ2n) is 26.2. The van der Waals surface area contributed by atoms with Crippen molar-refractivity contribution in [2.45, 2.75) is 251 Å². The molecule has 0 aromatic heterocycles. The molecule has 2 aliphatic rings. The molecular formula is C68H116N2O21Si2. The number of carboxylic acids is 1. The molecular weight excluding hydrogens is 1240 g/mol. The van der Waals surface area contributed by atoms with Crippen molar-refractivity contribution in [2.75, 3.05) is 72.7 Å². The normalized spacial score (nSPS) is 21.7. The second-order valence-corrected chi connectivity index (χ2v) is 35.7. The molecule has 93 heavy (non-hydrogen) atoms. The van der Waals surface area contributed by atoms with Gasteiger partial charge in [-0.1, -0.05) is 116 Å². The third-order valence-electron chi connectivity index (χ3n) is 16.4. The summed E-state index contributed by atoms with van der Waals surface area (Å²) in [5.74, 6) is -1.71. The molecule has 2 aromatic rings. The van der Waals surface area contributed by atoms with E-state index in [4.69, 9.17) is 61.3 Å². The maximum absolute atomic E-state index is 12.2. The van der Waals surface area contributed by atoms with Crippen LogP contribution in [-0.4, -0.2) is 201 Å². The van der Waals surface area contributed by atoms with Crippen molar-refractivity contribution in [1.29, 1.82) is 0 Å². The minimum Gasteiger partial charge on any atom is -0.481 e. The van der Waals surface area contributed by atoms with Crippen LogP contribution in [0.2, 0.25) is 36.3 Å². The zero-order valence-corrected chi connectivity index (χ0v) is 60.5. The van der Waals surface area contributed by atoms with E-state index in [9.17, 15) is 39.0 Å². The predicted octanol–water partition coefficient (Wildman–Crippen LogP) is 9.16. The first-order valence-electron chi connectivity index (χ1n) is 33.0. The number of aliphatic carboxylic acids is 1. The maximum Gasteiger partial charge on any atom is 0.308 e. The highest BCUT2D eigenvalue weighted by atomic mass is 28.4. The first-order chi connectivity index (χ1) is 43.9. The van der Waals surface area contributed by atoms with Gasteiger partial charge in [0, 0.05) is 59.4 Å². The molecule has 2 saturated heterocycles. The number of aliphatic hydroxyl groups is 2. The van der Waals surface area contributed by atoms with Gasteiger partial charge in [0.05, 0.1) is 96.7 Å². The largest absolute Gasteiger partial charge is 0.481 e. The molecule has 2 aliphatic heterocycles. The Morgan fingerprint density at radius 2 is 0.871 bits per heavy atom. The summed E-state index contributed by atoms with van der Waals surface area (Å²) >= 11 is 0. The topological polar surface area (TPSA) is 298 Å². The Kier molecular flexibility index (Phi) is 41.1. The summed E-state index contributed by atoms with van der Waals surface area (Å²) in [6.45, 7) is 34.0. The number of rotatable bonds is 41. The van der Waals surface area contributed by atoms with Crippen LogP contribution in [0.4, 0.5) is 0 Å². The molecule has 0 bridgehead atoms. The molecule has 23 nitrogen and oxygen atoms in total. The van der Waals surface area contributed by atoms with Crippen molar-refractivity contribution >= 4 is 52.0 Å². The van der Waals surface area contributed by atoms with Gasteiger partial charge in [0.2, 0.25) is 11.8 Å². The number of benzene rings is 2. The van der Waals surface area contributed by atoms with Crippen molar-refractivity contribution in [2.24, 2.45) is 0 Å². The summed E-state index contributed by atoms with van der Waals surface area (Å²) in [4.78, 5) is 70.4. The van der Waals surface area contributed by atoms with Crippen LogP contribution in [0.3, 0.4) is 0 Å². The van der Waals surface area contributed by atoms with Crippen LogP contribution in [0.25, 0.3) is 0 Å². The fourth-order valence-electron chi connectivity index (χ4n) is 9.02. The number of aliphatic hydroxyl groups excluding tert-OH is 2. The molecule has 0 spiro atoms. The predicted molar refractivity (Wildman–Crippen MR) is 357 cm³/mol. The highest BCUT2D eigenvalue weighted by Gasteiger charge is 2.52. The molecule has 0 radical (unpaired) electrons. The van der Waals surface area contributed by atoms with Crippen molar-refractivity contribution in [3.63, 3.8) is 0 Å². The second kappa shape index (κ2) is 45.1. The van der Waals surface area contributed by atoms with Crippen molar-refractivity contribution in [3.05, 3.63) is 71.8 Å². The monoisotopic (exact) mass is 1350 g/mol. The van der Waals surface area contributed by atoms with Gasteiger partial charge in [-0.15, -0.1) is 0 Å². The quantitative estimate of drug-likeness (QED) is 0.0235. The number of esters is 1. The fraction of sp³-hybridized carbons (Fsp3) is 0.735. The van der Waals surface area contributed by atoms with Gasteiger partial charge < -0.3 is 82.2 Å². The van der Waals surface area contributed by atoms with Crippen LogP contribution in [-0.2, 0) is 98.2 Å². The van der Waals surface area contributed by atoms with Gasteiger partial charge in [-0.3, -0.25) is 28.8 Å². The van der Waals surface area contributed by atoms with E-state index in [1.54, 1.807) is 0 Å². The van der Waals surface area contributed by atoms with Gasteiger partial charge >= 0.3 is 11.9 Å². The number of hydrogen-bond acceptors (Lipinski definition) is 20. The fourth-order valence-corrected chi connectivity index (χ4v) is 11.7. The first kappa shape index (κ1) is 84.7. The summed E-state index contributed by atoms with van der Waals surface area (Å²) in [6, 6.07) is 18.3. The lowest BCUT2D eigenvalue weighted by Gasteiger charge is -2.49. The molecule has 10 atom stereocenters. The molecule has 532 valence electrons. The van der Waals surface area contributed by atoms with Gasteiger partial charge in [0.1, 0.15) is 42.5 Å². The Morgan fingerprint density at radius 1 is 0.495 bits per heavy atom. The van der Waals surface area contributed by atoms with Gasteiger partial charge in [-0.2, -0.15) is 0 Å². The first-order valence-corrected chi connectivity index (χ1v) is 38.9. The third kappa shape index (κ3) is 34.4. The van der Waals surface area contributed by atoms with Crippen LogP contribution in [0.15, 0.2) is 60.7 Å². The summed E-state index contributed by atoms with van der Waals surface area (Å²) in [5.41, 5.74) is 2.17. The molecule has 0 aliphatic carbocycles. The van der Waals surface area contributed by atoms with Crippen molar-refractivity contribution in [3.8, 4) is 0 Å². The number of ether oxygens (including phenoxy) is 10. The minimum absolute atomic E-state index is 0.0332. The van der Waals surface area contributed by atoms with E-state index in [-0.39, 0.29) is 125 Å². The van der Waals surface area contributed by atoms with E-state index in [2.05, 4.69) is 90.5 Å². The lowest BCUT2D eigenvalue weighted by atomic mass is 9.95. The Labute approximate surface area is 556 Å². The average molecular weight is 1350 g/mol. The Morgan fingerprint density at radius 3 is 1.24 bits per heavy atom. The number of hydrogen-bond donors (Lipinski definition) is 5. The van der Waals surface area contributed by atoms with Crippen LogP contribution >= 0.6 is 0 Å². The van der Waals surface area contributed by atoms with Gasteiger partial charge in [0.15, 0.2) is 29.2 Å². The van der Waals surface area contributed by atoms with Crippen LogP contribution in [0, 0.1) is 0 Å². The van der Waals surface area contributed by atoms with Gasteiger partial charge in [-0.05, 0) is 80.0 Å². The SMILES string of the molecule is CCC1OC(OCCOCCCC(=O)CCOCCC(=O)O)C(NC(C)=O)C(O[Si](C)(C)C(C)(C)C)C1O.CCC1OC(OCCOCCCC(=O)CCOCCC(=O)OCc2ccccc2)C(NC(C)=O)C(O[Si](C)(C)C(C)(C)C)C1O.CCOCc1ccccc1. The summed E-state index contributed by atoms with van der Waals surface area (Å²) in [5, 5.41) is 36.3. The van der Waals surface area contributed by atoms with E-state index in [0.29, 0.717) is 51.7 Å². The Bertz CT molecular complexity index is 2410. The smallest absolute Gasteiger partial charge is 0.308 e. The zero-order chi connectivity index (χ0) is 69.6. The lowest BCUT2D eigenvalue weighted by Crippen LogP contribution is -2.67. The summed E-state index contributed by atoms with van der Waals surface area (Å²) in [7, 11) is -4.58. The highest BCUT2D eigenvalue weighted by Crippen LogP contribution is 2.41. The number of amides is 2. The molecule has 2 aromatic carbocycles. The standard InChI is InChI=1S/C33H55NO10Si.C26H49NO10Si.C9H12O/c1-8-27-30(38)31(44-45(6,7)33(3,4)5)29(34-24(2)35)32(43-27)41-22-21-39-18-12-15-26(36)16-19-40-20-17-28(37)42-23-25-13-10-9-11-14-25;1-8-20-23(32)24(37-38(6,7)26(3,4)5)22(27-18(2)28)25(36-20)35-17-16-33-13-9-10-19(29)11-14-34-15-12-21(30)31;1-2-10-8-9-6-4-3-5-7-9/h9-11,13-14,27,29-32,38H,8,12,15-23H2,1-7H3,(H,34,35);20,22-25,32H,8-17H2,1-7H3,(H,27,28)(H,30,31);3-7H,2,8H2,1H3. The lowest BCUT2D eigenvalue weighted by molar-refractivity contribution is -0.264. The molecule has 2 amide bonds. The van der Waals surface area contributed by atoms with E-state index >= 15 is 0 Å². The van der Waals surface area contributed by atoms with E-state index in [1.807, 2.05) is 69.3 Å². The van der Waals surface area contributed by atoms with Crippen LogP contribution in [0.1, 0.15) is 151 Å². The third-order valence-corrected chi connectivity index (χ3v) is 25.3. The molecule has 10 unspecified atom stereocenters. The van der Waals surface area contributed by atoms with Crippen molar-refractivity contribution in [1.82, 2.24) is 10.6 Å². The van der Waals surface area contributed by atoms with E-state index < -0.39 is 83.9 Å². The number of carbonyl (C=O) groups is 6. The highest BCUT2D eigenvalue weighted by molar-refractivity contribution is 6.74. The maximum atomic E-state index is 12.2. The Hall–Kier alpha value is -4.43. The number of carboxylic acid groups (broad SMARTS) is 1. The van der Waals surface area contributed by atoms with Gasteiger partial charge in [-0.25, -0.2) is 0 Å². The molecule has 5 N–H and O–H groups in total. The summed E-state index contributed by atoms with van der Waals surface area (Å²) < 4.78 is 69.5. The average Bonchev–Trinajstić information content (AvgIpc) is 0.798. The minimum atomic E-state index is -2.29. The Balaban J connectivity index is 0.000000555. The molecule has 4 rings (SSSR count). The summed E-state index contributed by atoms with van der Waals surface area (Å²) in [6.07, 6.45) is -2.30.